The van der Waals surface area contributed by atoms with Crippen molar-refractivity contribution in [3.63, 3.8) is 0 Å². The molecule has 1 unspecified atom stereocenters. The van der Waals surface area contributed by atoms with Crippen LogP contribution in [0.1, 0.15) is 17.5 Å². The van der Waals surface area contributed by atoms with Gasteiger partial charge in [0, 0.05) is 11.6 Å². The van der Waals surface area contributed by atoms with Crippen LogP contribution in [0.2, 0.25) is 0 Å². The minimum atomic E-state index is -0.0759. The zero-order valence-electron chi connectivity index (χ0n) is 12.8. The van der Waals surface area contributed by atoms with E-state index in [1.807, 2.05) is 6.07 Å². The second-order valence-corrected chi connectivity index (χ2v) is 6.46. The highest BCUT2D eigenvalue weighted by atomic mass is 16.6. The van der Waals surface area contributed by atoms with Gasteiger partial charge in [0.15, 0.2) is 17.6 Å². The van der Waals surface area contributed by atoms with Crippen molar-refractivity contribution in [1.29, 1.82) is 0 Å². The first-order chi connectivity index (χ1) is 10.8. The molecule has 1 aromatic carbocycles. The lowest BCUT2D eigenvalue weighted by Crippen LogP contribution is -2.58. The molecule has 2 bridgehead atoms. The molecular weight excluding hydrogens is 278 g/mol. The fourth-order valence-corrected chi connectivity index (χ4v) is 4.85. The SMILES string of the molecule is COC1=CC=C2[C@H]3Cc4ccc(OC)c5c4C2(CCN3)[C@H]1O5. The molecule has 1 aromatic rings. The summed E-state index contributed by atoms with van der Waals surface area (Å²) in [7, 11) is 3.44. The molecule has 2 heterocycles. The van der Waals surface area contributed by atoms with Crippen LogP contribution < -0.4 is 14.8 Å². The summed E-state index contributed by atoms with van der Waals surface area (Å²) in [4.78, 5) is 0. The van der Waals surface area contributed by atoms with Crippen LogP contribution in [0.15, 0.2) is 35.6 Å². The van der Waals surface area contributed by atoms with Crippen LogP contribution in [-0.4, -0.2) is 32.9 Å². The summed E-state index contributed by atoms with van der Waals surface area (Å²) in [6.07, 6.45) is 6.31. The van der Waals surface area contributed by atoms with E-state index in [4.69, 9.17) is 14.2 Å². The third kappa shape index (κ3) is 1.24. The molecule has 1 saturated heterocycles. The summed E-state index contributed by atoms with van der Waals surface area (Å²) in [5.74, 6) is 2.66. The number of ether oxygens (including phenoxy) is 3. The smallest absolute Gasteiger partial charge is 0.169 e. The Kier molecular flexibility index (Phi) is 2.33. The fourth-order valence-electron chi connectivity index (χ4n) is 4.85. The molecule has 1 spiro atoms. The molecule has 2 aliphatic heterocycles. The maximum Gasteiger partial charge on any atom is 0.169 e. The maximum absolute atomic E-state index is 6.42. The average Bonchev–Trinajstić information content (AvgIpc) is 2.88. The van der Waals surface area contributed by atoms with Gasteiger partial charge >= 0.3 is 0 Å². The lowest BCUT2D eigenvalue weighted by molar-refractivity contribution is 0.0998. The molecule has 4 aliphatic rings. The number of methoxy groups -OCH3 is 2. The van der Waals surface area contributed by atoms with Crippen LogP contribution in [0.5, 0.6) is 11.5 Å². The molecule has 4 heteroatoms. The van der Waals surface area contributed by atoms with Gasteiger partial charge in [0.2, 0.25) is 0 Å². The molecule has 0 saturated carbocycles. The van der Waals surface area contributed by atoms with Gasteiger partial charge < -0.3 is 19.5 Å². The Morgan fingerprint density at radius 1 is 1.23 bits per heavy atom. The van der Waals surface area contributed by atoms with Crippen LogP contribution in [0.3, 0.4) is 0 Å². The van der Waals surface area contributed by atoms with E-state index in [2.05, 4.69) is 23.5 Å². The molecule has 114 valence electrons. The van der Waals surface area contributed by atoms with Crippen LogP contribution in [-0.2, 0) is 16.6 Å². The van der Waals surface area contributed by atoms with Gasteiger partial charge in [-0.15, -0.1) is 0 Å². The monoisotopic (exact) mass is 297 g/mol. The zero-order chi connectivity index (χ0) is 14.9. The molecule has 0 aromatic heterocycles. The Balaban J connectivity index is 1.85. The largest absolute Gasteiger partial charge is 0.497 e. The van der Waals surface area contributed by atoms with Gasteiger partial charge in [-0.3, -0.25) is 0 Å². The minimum absolute atomic E-state index is 0.0625. The van der Waals surface area contributed by atoms with E-state index in [-0.39, 0.29) is 11.5 Å². The highest BCUT2D eigenvalue weighted by Crippen LogP contribution is 2.61. The van der Waals surface area contributed by atoms with Crippen molar-refractivity contribution in [2.45, 2.75) is 30.4 Å². The van der Waals surface area contributed by atoms with Gasteiger partial charge in [-0.1, -0.05) is 12.1 Å². The molecule has 2 aliphatic carbocycles. The van der Waals surface area contributed by atoms with Crippen molar-refractivity contribution < 1.29 is 14.2 Å². The third-order valence-electron chi connectivity index (χ3n) is 5.70. The van der Waals surface area contributed by atoms with Gasteiger partial charge in [0.05, 0.1) is 19.6 Å². The van der Waals surface area contributed by atoms with Crippen LogP contribution in [0.4, 0.5) is 0 Å². The normalized spacial score (nSPS) is 33.4. The first kappa shape index (κ1) is 12.6. The van der Waals surface area contributed by atoms with E-state index in [0.29, 0.717) is 6.04 Å². The van der Waals surface area contributed by atoms with E-state index in [0.717, 1.165) is 36.6 Å². The molecule has 0 radical (unpaired) electrons. The van der Waals surface area contributed by atoms with Crippen molar-refractivity contribution in [2.24, 2.45) is 0 Å². The van der Waals surface area contributed by atoms with E-state index >= 15 is 0 Å². The Labute approximate surface area is 129 Å². The zero-order valence-corrected chi connectivity index (χ0v) is 12.8. The van der Waals surface area contributed by atoms with Gasteiger partial charge in [-0.05, 0) is 42.7 Å². The van der Waals surface area contributed by atoms with Crippen molar-refractivity contribution in [1.82, 2.24) is 5.32 Å². The molecular formula is C18H19NO3. The molecule has 5 rings (SSSR count). The number of piperidine rings is 1. The molecule has 0 amide bonds. The van der Waals surface area contributed by atoms with Gasteiger partial charge in [0.25, 0.3) is 0 Å². The summed E-state index contributed by atoms with van der Waals surface area (Å²) < 4.78 is 17.6. The second-order valence-electron chi connectivity index (χ2n) is 6.46. The van der Waals surface area contributed by atoms with Gasteiger partial charge in [-0.25, -0.2) is 0 Å². The maximum atomic E-state index is 6.42. The number of hydrogen-bond acceptors (Lipinski definition) is 4. The van der Waals surface area contributed by atoms with E-state index in [1.54, 1.807) is 14.2 Å². The predicted octanol–water partition coefficient (Wildman–Crippen LogP) is 2.08. The summed E-state index contributed by atoms with van der Waals surface area (Å²) in [5.41, 5.74) is 4.09. The lowest BCUT2D eigenvalue weighted by atomic mass is 9.58. The Morgan fingerprint density at radius 2 is 2.14 bits per heavy atom. The van der Waals surface area contributed by atoms with Crippen molar-refractivity contribution in [3.05, 3.63) is 46.7 Å². The Bertz CT molecular complexity index is 736. The average molecular weight is 297 g/mol. The van der Waals surface area contributed by atoms with E-state index in [9.17, 15) is 0 Å². The van der Waals surface area contributed by atoms with Crippen LogP contribution in [0, 0.1) is 0 Å². The summed E-state index contributed by atoms with van der Waals surface area (Å²) in [6.45, 7) is 1.01. The quantitative estimate of drug-likeness (QED) is 0.907. The third-order valence-corrected chi connectivity index (χ3v) is 5.70. The van der Waals surface area contributed by atoms with Crippen molar-refractivity contribution in [2.75, 3.05) is 20.8 Å². The highest BCUT2D eigenvalue weighted by molar-refractivity contribution is 5.67. The first-order valence-corrected chi connectivity index (χ1v) is 7.86. The van der Waals surface area contributed by atoms with Crippen LogP contribution in [0.25, 0.3) is 0 Å². The number of allylic oxidation sites excluding steroid dienone is 2. The summed E-state index contributed by atoms with van der Waals surface area (Å²) in [5, 5.41) is 3.67. The van der Waals surface area contributed by atoms with Crippen molar-refractivity contribution in [3.8, 4) is 11.5 Å². The van der Waals surface area contributed by atoms with Crippen LogP contribution >= 0.6 is 0 Å². The minimum Gasteiger partial charge on any atom is -0.497 e. The lowest BCUT2D eigenvalue weighted by Gasteiger charge is -2.49. The summed E-state index contributed by atoms with van der Waals surface area (Å²) >= 11 is 0. The van der Waals surface area contributed by atoms with E-state index < -0.39 is 0 Å². The summed E-state index contributed by atoms with van der Waals surface area (Å²) in [6, 6.07) is 4.64. The first-order valence-electron chi connectivity index (χ1n) is 7.86. The Morgan fingerprint density at radius 3 is 2.95 bits per heavy atom. The fraction of sp³-hybridized carbons (Fsp3) is 0.444. The topological polar surface area (TPSA) is 39.7 Å². The molecule has 22 heavy (non-hydrogen) atoms. The number of hydrogen-bond donors (Lipinski definition) is 1. The molecule has 1 fully saturated rings. The number of benzene rings is 1. The number of rotatable bonds is 2. The molecule has 1 N–H and O–H groups in total. The molecule has 4 nitrogen and oxygen atoms in total. The Hall–Kier alpha value is -1.94. The highest BCUT2D eigenvalue weighted by Gasteiger charge is 2.61. The van der Waals surface area contributed by atoms with E-state index in [1.165, 1.54) is 16.7 Å². The standard InChI is InChI=1S/C18H19NO3/c1-20-13-5-3-10-9-12-11-4-6-14(21-2)17-18(11,7-8-19-12)15(10)16(13)22-17/h3-6,12,17,19H,7-9H2,1-2H3/t12-,17+,18?/m1/s1. The predicted molar refractivity (Wildman–Crippen MR) is 82.4 cm³/mol. The van der Waals surface area contributed by atoms with Crippen molar-refractivity contribution >= 4 is 0 Å². The molecule has 3 atom stereocenters. The van der Waals surface area contributed by atoms with Gasteiger partial charge in [-0.2, -0.15) is 0 Å². The van der Waals surface area contributed by atoms with Gasteiger partial charge in [0.1, 0.15) is 5.76 Å². The second kappa shape index (κ2) is 4.07. The number of nitrogens with one attached hydrogen (secondary N) is 1.